The van der Waals surface area contributed by atoms with Gasteiger partial charge in [0.2, 0.25) is 0 Å². The first-order chi connectivity index (χ1) is 9.16. The summed E-state index contributed by atoms with van der Waals surface area (Å²) in [5.74, 6) is 0.286. The van der Waals surface area contributed by atoms with Gasteiger partial charge in [-0.2, -0.15) is 0 Å². The number of benzene rings is 2. The molecule has 0 radical (unpaired) electrons. The van der Waals surface area contributed by atoms with E-state index in [1.165, 1.54) is 5.56 Å². The SMILES string of the molecule is O[C@@H]1CC[C@@H](c2ccc(Cl)c(Cl)c2)c2ccccc21. The minimum absolute atomic E-state index is 0.286. The molecule has 2 aromatic rings. The lowest BCUT2D eigenvalue weighted by molar-refractivity contribution is 0.153. The van der Waals surface area contributed by atoms with E-state index in [4.69, 9.17) is 23.2 Å². The molecule has 0 aromatic heterocycles. The summed E-state index contributed by atoms with van der Waals surface area (Å²) in [5, 5.41) is 11.2. The van der Waals surface area contributed by atoms with Gasteiger partial charge in [-0.15, -0.1) is 0 Å². The van der Waals surface area contributed by atoms with E-state index in [-0.39, 0.29) is 12.0 Å². The van der Waals surface area contributed by atoms with Crippen molar-refractivity contribution in [2.45, 2.75) is 24.9 Å². The normalized spacial score (nSPS) is 22.1. The Labute approximate surface area is 122 Å². The van der Waals surface area contributed by atoms with Gasteiger partial charge in [0.05, 0.1) is 16.1 Å². The van der Waals surface area contributed by atoms with Crippen molar-refractivity contribution in [3.63, 3.8) is 0 Å². The highest BCUT2D eigenvalue weighted by molar-refractivity contribution is 6.42. The maximum atomic E-state index is 10.1. The molecule has 0 saturated heterocycles. The van der Waals surface area contributed by atoms with E-state index >= 15 is 0 Å². The lowest BCUT2D eigenvalue weighted by Gasteiger charge is -2.29. The van der Waals surface area contributed by atoms with Gasteiger partial charge in [-0.1, -0.05) is 53.5 Å². The molecule has 0 fully saturated rings. The van der Waals surface area contributed by atoms with E-state index in [1.807, 2.05) is 36.4 Å². The molecule has 2 aromatic carbocycles. The second-order valence-electron chi connectivity index (χ2n) is 4.95. The smallest absolute Gasteiger partial charge is 0.0793 e. The zero-order valence-electron chi connectivity index (χ0n) is 10.3. The van der Waals surface area contributed by atoms with Crippen molar-refractivity contribution in [2.75, 3.05) is 0 Å². The van der Waals surface area contributed by atoms with Crippen LogP contribution in [0.4, 0.5) is 0 Å². The topological polar surface area (TPSA) is 20.2 Å². The molecule has 3 heteroatoms. The molecule has 19 heavy (non-hydrogen) atoms. The number of fused-ring (bicyclic) bond motifs is 1. The van der Waals surface area contributed by atoms with Gasteiger partial charge in [0.25, 0.3) is 0 Å². The molecular formula is C16H14Cl2O. The fourth-order valence-corrected chi connectivity index (χ4v) is 3.15. The van der Waals surface area contributed by atoms with Crippen molar-refractivity contribution >= 4 is 23.2 Å². The van der Waals surface area contributed by atoms with Crippen LogP contribution < -0.4 is 0 Å². The second kappa shape index (κ2) is 5.16. The molecule has 1 aliphatic carbocycles. The number of hydrogen-bond acceptors (Lipinski definition) is 1. The van der Waals surface area contributed by atoms with Crippen LogP contribution >= 0.6 is 23.2 Å². The fraction of sp³-hybridized carbons (Fsp3) is 0.250. The Bertz CT molecular complexity index is 609. The Morgan fingerprint density at radius 3 is 2.37 bits per heavy atom. The van der Waals surface area contributed by atoms with Crippen LogP contribution in [-0.4, -0.2) is 5.11 Å². The third-order valence-electron chi connectivity index (χ3n) is 3.81. The van der Waals surface area contributed by atoms with E-state index < -0.39 is 0 Å². The van der Waals surface area contributed by atoms with Gasteiger partial charge >= 0.3 is 0 Å². The Morgan fingerprint density at radius 1 is 0.895 bits per heavy atom. The minimum Gasteiger partial charge on any atom is -0.388 e. The number of hydrogen-bond donors (Lipinski definition) is 1. The lowest BCUT2D eigenvalue weighted by Crippen LogP contribution is -2.15. The molecule has 0 aliphatic heterocycles. The largest absolute Gasteiger partial charge is 0.388 e. The molecule has 0 saturated carbocycles. The summed E-state index contributed by atoms with van der Waals surface area (Å²) in [6.45, 7) is 0. The first-order valence-electron chi connectivity index (χ1n) is 6.38. The molecule has 0 amide bonds. The number of halogens is 2. The highest BCUT2D eigenvalue weighted by atomic mass is 35.5. The lowest BCUT2D eigenvalue weighted by atomic mass is 9.78. The van der Waals surface area contributed by atoms with Gasteiger partial charge in [0, 0.05) is 5.92 Å². The van der Waals surface area contributed by atoms with Crippen molar-refractivity contribution in [1.82, 2.24) is 0 Å². The van der Waals surface area contributed by atoms with Crippen LogP contribution in [0.25, 0.3) is 0 Å². The van der Waals surface area contributed by atoms with Crippen LogP contribution in [0.15, 0.2) is 42.5 Å². The number of aliphatic hydroxyl groups is 1. The number of aliphatic hydroxyl groups excluding tert-OH is 1. The zero-order chi connectivity index (χ0) is 13.4. The zero-order valence-corrected chi connectivity index (χ0v) is 11.8. The van der Waals surface area contributed by atoms with Gasteiger partial charge in [0.15, 0.2) is 0 Å². The van der Waals surface area contributed by atoms with Gasteiger partial charge < -0.3 is 5.11 Å². The summed E-state index contributed by atoms with van der Waals surface area (Å²) in [6.07, 6.45) is 1.35. The molecule has 0 unspecified atom stereocenters. The van der Waals surface area contributed by atoms with Crippen molar-refractivity contribution in [3.8, 4) is 0 Å². The van der Waals surface area contributed by atoms with E-state index in [0.29, 0.717) is 10.0 Å². The summed E-state index contributed by atoms with van der Waals surface area (Å²) in [6, 6.07) is 13.9. The van der Waals surface area contributed by atoms with Crippen molar-refractivity contribution in [1.29, 1.82) is 0 Å². The first kappa shape index (κ1) is 13.0. The van der Waals surface area contributed by atoms with Crippen molar-refractivity contribution < 1.29 is 5.11 Å². The minimum atomic E-state index is -0.352. The average molecular weight is 293 g/mol. The standard InChI is InChI=1S/C16H14Cl2O/c17-14-7-5-10(9-15(14)18)11-6-8-16(19)13-4-2-1-3-12(11)13/h1-5,7,9,11,16,19H,6,8H2/t11-,16+/m0/s1. The average Bonchev–Trinajstić information content (AvgIpc) is 2.43. The van der Waals surface area contributed by atoms with Crippen LogP contribution in [0.1, 0.15) is 41.6 Å². The summed E-state index contributed by atoms with van der Waals surface area (Å²) >= 11 is 12.1. The molecule has 0 bridgehead atoms. The molecule has 3 rings (SSSR count). The molecule has 1 nitrogen and oxygen atoms in total. The van der Waals surface area contributed by atoms with Gasteiger partial charge in [0.1, 0.15) is 0 Å². The van der Waals surface area contributed by atoms with Crippen LogP contribution in [0.5, 0.6) is 0 Å². The summed E-state index contributed by atoms with van der Waals surface area (Å²) in [4.78, 5) is 0. The van der Waals surface area contributed by atoms with Crippen LogP contribution in [-0.2, 0) is 0 Å². The van der Waals surface area contributed by atoms with Gasteiger partial charge in [-0.05, 0) is 41.7 Å². The van der Waals surface area contributed by atoms with E-state index in [1.54, 1.807) is 0 Å². The highest BCUT2D eigenvalue weighted by Gasteiger charge is 2.26. The van der Waals surface area contributed by atoms with Gasteiger partial charge in [-0.3, -0.25) is 0 Å². The molecule has 98 valence electrons. The monoisotopic (exact) mass is 292 g/mol. The maximum absolute atomic E-state index is 10.1. The first-order valence-corrected chi connectivity index (χ1v) is 7.14. The fourth-order valence-electron chi connectivity index (χ4n) is 2.84. The van der Waals surface area contributed by atoms with E-state index in [2.05, 4.69) is 6.07 Å². The number of rotatable bonds is 1. The van der Waals surface area contributed by atoms with E-state index in [0.717, 1.165) is 24.0 Å². The Morgan fingerprint density at radius 2 is 1.63 bits per heavy atom. The van der Waals surface area contributed by atoms with Crippen LogP contribution in [0.2, 0.25) is 10.0 Å². The summed E-state index contributed by atoms with van der Waals surface area (Å²) in [5.41, 5.74) is 3.39. The molecular weight excluding hydrogens is 279 g/mol. The molecule has 1 aliphatic rings. The Balaban J connectivity index is 2.07. The third-order valence-corrected chi connectivity index (χ3v) is 4.54. The van der Waals surface area contributed by atoms with E-state index in [9.17, 15) is 5.11 Å². The summed E-state index contributed by atoms with van der Waals surface area (Å²) < 4.78 is 0. The molecule has 1 N–H and O–H groups in total. The predicted molar refractivity (Wildman–Crippen MR) is 78.9 cm³/mol. The molecule has 0 spiro atoms. The maximum Gasteiger partial charge on any atom is 0.0793 e. The summed E-state index contributed by atoms with van der Waals surface area (Å²) in [7, 11) is 0. The Kier molecular flexibility index (Phi) is 3.53. The molecule has 0 heterocycles. The second-order valence-corrected chi connectivity index (χ2v) is 5.76. The van der Waals surface area contributed by atoms with Crippen LogP contribution in [0, 0.1) is 0 Å². The Hall–Kier alpha value is -1.02. The van der Waals surface area contributed by atoms with Gasteiger partial charge in [-0.25, -0.2) is 0 Å². The quantitative estimate of drug-likeness (QED) is 0.788. The predicted octanol–water partition coefficient (Wildman–Crippen LogP) is 4.95. The van der Waals surface area contributed by atoms with Crippen molar-refractivity contribution in [3.05, 3.63) is 69.2 Å². The van der Waals surface area contributed by atoms with Crippen molar-refractivity contribution in [2.24, 2.45) is 0 Å². The molecule has 2 atom stereocenters. The van der Waals surface area contributed by atoms with Crippen LogP contribution in [0.3, 0.4) is 0 Å². The highest BCUT2D eigenvalue weighted by Crippen LogP contribution is 2.42. The third kappa shape index (κ3) is 2.38.